The number of ether oxygens (including phenoxy) is 3. The predicted octanol–water partition coefficient (Wildman–Crippen LogP) is 1.99. The SMILES string of the molecule is CCCC[C@H](C(=O)OC)N1CC(C)(C)O[C@@]2(CCOC2)C1. The monoisotopic (exact) mass is 299 g/mol. The highest BCUT2D eigenvalue weighted by molar-refractivity contribution is 5.75. The maximum absolute atomic E-state index is 12.2. The quantitative estimate of drug-likeness (QED) is 0.727. The Morgan fingerprint density at radius 2 is 2.14 bits per heavy atom. The summed E-state index contributed by atoms with van der Waals surface area (Å²) in [5.74, 6) is -0.129. The van der Waals surface area contributed by atoms with Gasteiger partial charge in [0.15, 0.2) is 0 Å². The van der Waals surface area contributed by atoms with Crippen LogP contribution in [0.15, 0.2) is 0 Å². The third-order valence-corrected chi connectivity index (χ3v) is 4.38. The summed E-state index contributed by atoms with van der Waals surface area (Å²) in [5, 5.41) is 0. The molecule has 0 N–H and O–H groups in total. The number of unbranched alkanes of at least 4 members (excludes halogenated alkanes) is 1. The van der Waals surface area contributed by atoms with Crippen molar-refractivity contribution in [2.45, 2.75) is 63.7 Å². The molecule has 2 saturated heterocycles. The number of carbonyl (C=O) groups is 1. The number of morpholine rings is 1. The molecule has 2 fully saturated rings. The number of carbonyl (C=O) groups excluding carboxylic acids is 1. The molecule has 122 valence electrons. The molecule has 0 aromatic heterocycles. The molecule has 0 aromatic carbocycles. The second-order valence-electron chi connectivity index (χ2n) is 6.93. The number of hydrogen-bond donors (Lipinski definition) is 0. The van der Waals surface area contributed by atoms with Gasteiger partial charge in [-0.3, -0.25) is 9.69 Å². The van der Waals surface area contributed by atoms with Gasteiger partial charge in [0, 0.05) is 26.1 Å². The van der Waals surface area contributed by atoms with Crippen LogP contribution in [-0.2, 0) is 19.0 Å². The highest BCUT2D eigenvalue weighted by Crippen LogP contribution is 2.36. The zero-order chi connectivity index (χ0) is 15.5. The fourth-order valence-corrected chi connectivity index (χ4v) is 3.56. The summed E-state index contributed by atoms with van der Waals surface area (Å²) in [5.41, 5.74) is -0.537. The van der Waals surface area contributed by atoms with Gasteiger partial charge in [-0.25, -0.2) is 0 Å². The predicted molar refractivity (Wildman–Crippen MR) is 80.2 cm³/mol. The normalized spacial score (nSPS) is 30.5. The standard InChI is InChI=1S/C16H29NO4/c1-5-6-7-13(14(18)19-4)17-10-15(2,3)21-16(11-17)8-9-20-12-16/h13H,5-12H2,1-4H3/t13-,16+/m1/s1. The maximum Gasteiger partial charge on any atom is 0.323 e. The minimum absolute atomic E-state index is 0.129. The number of nitrogens with zero attached hydrogens (tertiary/aromatic N) is 1. The number of rotatable bonds is 5. The van der Waals surface area contributed by atoms with Gasteiger partial charge in [-0.1, -0.05) is 19.8 Å². The van der Waals surface area contributed by atoms with Crippen LogP contribution in [0.2, 0.25) is 0 Å². The fraction of sp³-hybridized carbons (Fsp3) is 0.938. The van der Waals surface area contributed by atoms with E-state index in [1.165, 1.54) is 7.11 Å². The molecule has 0 radical (unpaired) electrons. The zero-order valence-electron chi connectivity index (χ0n) is 13.8. The molecule has 0 amide bonds. The van der Waals surface area contributed by atoms with Gasteiger partial charge in [-0.2, -0.15) is 0 Å². The lowest BCUT2D eigenvalue weighted by molar-refractivity contribution is -0.205. The minimum atomic E-state index is -0.273. The van der Waals surface area contributed by atoms with E-state index in [1.54, 1.807) is 0 Å². The molecule has 2 heterocycles. The van der Waals surface area contributed by atoms with Gasteiger partial charge in [0.25, 0.3) is 0 Å². The van der Waals surface area contributed by atoms with Crippen LogP contribution in [0, 0.1) is 0 Å². The molecule has 21 heavy (non-hydrogen) atoms. The second-order valence-corrected chi connectivity index (χ2v) is 6.93. The molecule has 5 heteroatoms. The van der Waals surface area contributed by atoms with Gasteiger partial charge in [0.2, 0.25) is 0 Å². The van der Waals surface area contributed by atoms with Gasteiger partial charge >= 0.3 is 5.97 Å². The molecule has 2 aliphatic rings. The lowest BCUT2D eigenvalue weighted by Crippen LogP contribution is -2.63. The average molecular weight is 299 g/mol. The van der Waals surface area contributed by atoms with Crippen LogP contribution < -0.4 is 0 Å². The molecule has 0 bridgehead atoms. The van der Waals surface area contributed by atoms with E-state index in [0.717, 1.165) is 45.4 Å². The van der Waals surface area contributed by atoms with Gasteiger partial charge in [0.05, 0.1) is 19.3 Å². The number of hydrogen-bond acceptors (Lipinski definition) is 5. The lowest BCUT2D eigenvalue weighted by Gasteiger charge is -2.49. The van der Waals surface area contributed by atoms with E-state index in [1.807, 2.05) is 0 Å². The van der Waals surface area contributed by atoms with Crippen LogP contribution in [0.4, 0.5) is 0 Å². The fourth-order valence-electron chi connectivity index (χ4n) is 3.56. The molecule has 2 atom stereocenters. The summed E-state index contributed by atoms with van der Waals surface area (Å²) in [7, 11) is 1.47. The molecule has 0 aliphatic carbocycles. The van der Waals surface area contributed by atoms with E-state index >= 15 is 0 Å². The third kappa shape index (κ3) is 3.96. The third-order valence-electron chi connectivity index (χ3n) is 4.38. The topological polar surface area (TPSA) is 48.0 Å². The highest BCUT2D eigenvalue weighted by atomic mass is 16.6. The Labute approximate surface area is 127 Å². The Balaban J connectivity index is 2.15. The van der Waals surface area contributed by atoms with Crippen LogP contribution in [-0.4, -0.2) is 61.5 Å². The second kappa shape index (κ2) is 6.63. The van der Waals surface area contributed by atoms with Crippen molar-refractivity contribution in [3.05, 3.63) is 0 Å². The van der Waals surface area contributed by atoms with Gasteiger partial charge < -0.3 is 14.2 Å². The maximum atomic E-state index is 12.2. The Morgan fingerprint density at radius 3 is 2.71 bits per heavy atom. The molecule has 0 saturated carbocycles. The van der Waals surface area contributed by atoms with Crippen LogP contribution in [0.5, 0.6) is 0 Å². The van der Waals surface area contributed by atoms with Gasteiger partial charge in [0.1, 0.15) is 11.6 Å². The minimum Gasteiger partial charge on any atom is -0.468 e. The lowest BCUT2D eigenvalue weighted by atomic mass is 9.92. The molecule has 0 unspecified atom stereocenters. The summed E-state index contributed by atoms with van der Waals surface area (Å²) in [6.07, 6.45) is 3.85. The Morgan fingerprint density at radius 1 is 1.38 bits per heavy atom. The van der Waals surface area contributed by atoms with Gasteiger partial charge in [-0.15, -0.1) is 0 Å². The van der Waals surface area contributed by atoms with Crippen molar-refractivity contribution in [3.8, 4) is 0 Å². The summed E-state index contributed by atoms with van der Waals surface area (Å²) in [4.78, 5) is 14.4. The van der Waals surface area contributed by atoms with E-state index in [9.17, 15) is 4.79 Å². The van der Waals surface area contributed by atoms with Crippen molar-refractivity contribution in [1.29, 1.82) is 0 Å². The first kappa shape index (κ1) is 16.7. The largest absolute Gasteiger partial charge is 0.468 e. The van der Waals surface area contributed by atoms with Crippen molar-refractivity contribution in [2.75, 3.05) is 33.4 Å². The first-order chi connectivity index (χ1) is 9.91. The van der Waals surface area contributed by atoms with Gasteiger partial charge in [-0.05, 0) is 20.3 Å². The Hall–Kier alpha value is -0.650. The van der Waals surface area contributed by atoms with E-state index in [-0.39, 0.29) is 23.2 Å². The molecule has 0 aromatic rings. The summed E-state index contributed by atoms with van der Waals surface area (Å²) < 4.78 is 16.9. The van der Waals surface area contributed by atoms with Crippen LogP contribution >= 0.6 is 0 Å². The van der Waals surface area contributed by atoms with E-state index < -0.39 is 0 Å². The van der Waals surface area contributed by atoms with Crippen molar-refractivity contribution < 1.29 is 19.0 Å². The van der Waals surface area contributed by atoms with Crippen molar-refractivity contribution in [2.24, 2.45) is 0 Å². The van der Waals surface area contributed by atoms with Crippen molar-refractivity contribution in [3.63, 3.8) is 0 Å². The Bertz CT molecular complexity index is 363. The molecular formula is C16H29NO4. The first-order valence-electron chi connectivity index (χ1n) is 8.01. The molecule has 5 nitrogen and oxygen atoms in total. The number of methoxy groups -OCH3 is 1. The van der Waals surface area contributed by atoms with Crippen molar-refractivity contribution in [1.82, 2.24) is 4.90 Å². The molecular weight excluding hydrogens is 270 g/mol. The van der Waals surface area contributed by atoms with Crippen LogP contribution in [0.3, 0.4) is 0 Å². The smallest absolute Gasteiger partial charge is 0.323 e. The summed E-state index contributed by atoms with van der Waals surface area (Å²) >= 11 is 0. The van der Waals surface area contributed by atoms with E-state index in [4.69, 9.17) is 14.2 Å². The van der Waals surface area contributed by atoms with Crippen LogP contribution in [0.25, 0.3) is 0 Å². The molecule has 1 spiro atoms. The first-order valence-corrected chi connectivity index (χ1v) is 8.01. The molecule has 2 aliphatic heterocycles. The highest BCUT2D eigenvalue weighted by Gasteiger charge is 2.49. The summed E-state index contributed by atoms with van der Waals surface area (Å²) in [6.45, 7) is 9.18. The van der Waals surface area contributed by atoms with E-state index in [0.29, 0.717) is 6.61 Å². The molecule has 2 rings (SSSR count). The Kier molecular flexibility index (Phi) is 5.28. The average Bonchev–Trinajstić information content (AvgIpc) is 2.84. The van der Waals surface area contributed by atoms with Crippen LogP contribution in [0.1, 0.15) is 46.5 Å². The summed E-state index contributed by atoms with van der Waals surface area (Å²) in [6, 6.07) is -0.171. The van der Waals surface area contributed by atoms with E-state index in [2.05, 4.69) is 25.7 Å². The van der Waals surface area contributed by atoms with Crippen molar-refractivity contribution >= 4 is 5.97 Å². The number of esters is 1. The zero-order valence-corrected chi connectivity index (χ0v) is 13.8.